The molecular formula is C18H20BrNO2. The maximum atomic E-state index is 11.7. The van der Waals surface area contributed by atoms with Crippen molar-refractivity contribution < 1.29 is 9.53 Å². The normalized spacial score (nSPS) is 10.3. The lowest BCUT2D eigenvalue weighted by Crippen LogP contribution is -2.29. The number of amides is 1. The van der Waals surface area contributed by atoms with Crippen LogP contribution in [0.4, 0.5) is 0 Å². The molecule has 0 fully saturated rings. The average molecular weight is 362 g/mol. The zero-order valence-electron chi connectivity index (χ0n) is 12.6. The van der Waals surface area contributed by atoms with Crippen LogP contribution in [0.25, 0.3) is 0 Å². The highest BCUT2D eigenvalue weighted by Gasteiger charge is 2.02. The quantitative estimate of drug-likeness (QED) is 0.759. The minimum Gasteiger partial charge on any atom is -0.484 e. The molecule has 0 radical (unpaired) electrons. The fourth-order valence-electron chi connectivity index (χ4n) is 2.01. The van der Waals surface area contributed by atoms with Crippen LogP contribution in [0.3, 0.4) is 0 Å². The van der Waals surface area contributed by atoms with Crippen LogP contribution in [-0.4, -0.2) is 19.1 Å². The molecular weight excluding hydrogens is 342 g/mol. The maximum absolute atomic E-state index is 11.7. The van der Waals surface area contributed by atoms with E-state index in [2.05, 4.69) is 52.4 Å². The molecule has 22 heavy (non-hydrogen) atoms. The summed E-state index contributed by atoms with van der Waals surface area (Å²) in [6.07, 6.45) is 1.89. The highest BCUT2D eigenvalue weighted by Crippen LogP contribution is 2.15. The van der Waals surface area contributed by atoms with Crippen LogP contribution in [0.2, 0.25) is 0 Å². The third-order valence-corrected chi connectivity index (χ3v) is 3.80. The molecule has 0 aromatic heterocycles. The molecule has 2 aromatic carbocycles. The van der Waals surface area contributed by atoms with Gasteiger partial charge in [-0.15, -0.1) is 0 Å². The van der Waals surface area contributed by atoms with Crippen molar-refractivity contribution in [3.8, 4) is 5.75 Å². The summed E-state index contributed by atoms with van der Waals surface area (Å²) in [5.74, 6) is 0.602. The van der Waals surface area contributed by atoms with Gasteiger partial charge in [0.1, 0.15) is 5.75 Å². The Labute approximate surface area is 139 Å². The molecule has 0 bridgehead atoms. The summed E-state index contributed by atoms with van der Waals surface area (Å²) in [4.78, 5) is 11.7. The van der Waals surface area contributed by atoms with Gasteiger partial charge in [-0.05, 0) is 49.6 Å². The van der Waals surface area contributed by atoms with Crippen LogP contribution < -0.4 is 10.1 Å². The van der Waals surface area contributed by atoms with Crippen molar-refractivity contribution in [1.82, 2.24) is 5.32 Å². The van der Waals surface area contributed by atoms with Crippen LogP contribution in [-0.2, 0) is 11.2 Å². The lowest BCUT2D eigenvalue weighted by atomic mass is 10.1. The van der Waals surface area contributed by atoms with Gasteiger partial charge in [0.05, 0.1) is 0 Å². The first-order valence-electron chi connectivity index (χ1n) is 7.34. The highest BCUT2D eigenvalue weighted by molar-refractivity contribution is 9.10. The van der Waals surface area contributed by atoms with E-state index in [0.717, 1.165) is 17.3 Å². The number of benzene rings is 2. The second-order valence-corrected chi connectivity index (χ2v) is 6.10. The minimum absolute atomic E-state index is 0.0478. The molecule has 116 valence electrons. The number of carbonyl (C=O) groups excluding carboxylic acids is 1. The van der Waals surface area contributed by atoms with Crippen LogP contribution >= 0.6 is 15.9 Å². The van der Waals surface area contributed by atoms with Crippen LogP contribution in [0.5, 0.6) is 5.75 Å². The zero-order chi connectivity index (χ0) is 15.8. The molecule has 0 aliphatic heterocycles. The molecule has 4 heteroatoms. The van der Waals surface area contributed by atoms with E-state index in [1.54, 1.807) is 0 Å². The third kappa shape index (κ3) is 5.90. The van der Waals surface area contributed by atoms with E-state index in [-0.39, 0.29) is 12.5 Å². The first kappa shape index (κ1) is 16.6. The van der Waals surface area contributed by atoms with Gasteiger partial charge in [-0.2, -0.15) is 0 Å². The second-order valence-electron chi connectivity index (χ2n) is 5.18. The first-order chi connectivity index (χ1) is 10.6. The zero-order valence-corrected chi connectivity index (χ0v) is 14.2. The number of hydrogen-bond acceptors (Lipinski definition) is 2. The van der Waals surface area contributed by atoms with Crippen LogP contribution in [0, 0.1) is 6.92 Å². The summed E-state index contributed by atoms with van der Waals surface area (Å²) >= 11 is 3.36. The Hall–Kier alpha value is -1.81. The number of hydrogen-bond donors (Lipinski definition) is 1. The van der Waals surface area contributed by atoms with E-state index in [0.29, 0.717) is 12.3 Å². The van der Waals surface area contributed by atoms with Crippen LogP contribution in [0.15, 0.2) is 53.0 Å². The Kier molecular flexibility index (Phi) is 6.46. The summed E-state index contributed by atoms with van der Waals surface area (Å²) in [5, 5.41) is 2.87. The number of halogens is 1. The third-order valence-electron chi connectivity index (χ3n) is 3.27. The van der Waals surface area contributed by atoms with E-state index in [4.69, 9.17) is 4.74 Å². The van der Waals surface area contributed by atoms with Gasteiger partial charge in [0.15, 0.2) is 6.61 Å². The molecule has 0 unspecified atom stereocenters. The van der Waals surface area contributed by atoms with Crippen molar-refractivity contribution in [2.24, 2.45) is 0 Å². The Morgan fingerprint density at radius 3 is 2.45 bits per heavy atom. The molecule has 0 spiro atoms. The average Bonchev–Trinajstić information content (AvgIpc) is 2.53. The number of aryl methyl sites for hydroxylation is 2. The van der Waals surface area contributed by atoms with Gasteiger partial charge in [-0.1, -0.05) is 45.8 Å². The predicted octanol–water partition coefficient (Wildman–Crippen LogP) is 3.89. The summed E-state index contributed by atoms with van der Waals surface area (Å²) in [6, 6.07) is 15.9. The number of nitrogens with one attached hydrogen (secondary N) is 1. The van der Waals surface area contributed by atoms with E-state index < -0.39 is 0 Å². The number of ether oxygens (including phenoxy) is 1. The van der Waals surface area contributed by atoms with Crippen molar-refractivity contribution >= 4 is 21.8 Å². The molecule has 0 saturated carbocycles. The van der Waals surface area contributed by atoms with Crippen LogP contribution in [0.1, 0.15) is 17.5 Å². The van der Waals surface area contributed by atoms with E-state index in [1.807, 2.05) is 24.3 Å². The molecule has 3 nitrogen and oxygen atoms in total. The Morgan fingerprint density at radius 2 is 1.77 bits per heavy atom. The largest absolute Gasteiger partial charge is 0.484 e. The number of carbonyl (C=O) groups is 1. The lowest BCUT2D eigenvalue weighted by molar-refractivity contribution is -0.123. The van der Waals surface area contributed by atoms with Crippen molar-refractivity contribution in [2.45, 2.75) is 19.8 Å². The molecule has 1 amide bonds. The van der Waals surface area contributed by atoms with Gasteiger partial charge in [0.25, 0.3) is 5.91 Å². The number of rotatable bonds is 7. The van der Waals surface area contributed by atoms with Gasteiger partial charge >= 0.3 is 0 Å². The van der Waals surface area contributed by atoms with Crippen molar-refractivity contribution in [3.05, 3.63) is 64.1 Å². The van der Waals surface area contributed by atoms with Gasteiger partial charge in [0.2, 0.25) is 0 Å². The fraction of sp³-hybridized carbons (Fsp3) is 0.278. The standard InChI is InChI=1S/C18H20BrNO2/c1-14-4-6-15(7-5-14)3-2-12-20-18(21)13-22-17-10-8-16(19)9-11-17/h4-11H,2-3,12-13H2,1H3,(H,20,21). The topological polar surface area (TPSA) is 38.3 Å². The van der Waals surface area contributed by atoms with Gasteiger partial charge in [-0.25, -0.2) is 0 Å². The first-order valence-corrected chi connectivity index (χ1v) is 8.13. The monoisotopic (exact) mass is 361 g/mol. The summed E-state index contributed by atoms with van der Waals surface area (Å²) in [6.45, 7) is 2.79. The molecule has 1 N–H and O–H groups in total. The Balaban J connectivity index is 1.61. The highest BCUT2D eigenvalue weighted by atomic mass is 79.9. The second kappa shape index (κ2) is 8.59. The maximum Gasteiger partial charge on any atom is 0.257 e. The summed E-state index contributed by atoms with van der Waals surface area (Å²) in [7, 11) is 0. The molecule has 0 aliphatic rings. The SMILES string of the molecule is Cc1ccc(CCCNC(=O)COc2ccc(Br)cc2)cc1. The molecule has 0 atom stereocenters. The van der Waals surface area contributed by atoms with Gasteiger partial charge < -0.3 is 10.1 Å². The van der Waals surface area contributed by atoms with E-state index in [1.165, 1.54) is 11.1 Å². The Bertz CT molecular complexity index is 593. The molecule has 2 aromatic rings. The fourth-order valence-corrected chi connectivity index (χ4v) is 2.27. The molecule has 0 heterocycles. The van der Waals surface area contributed by atoms with Gasteiger partial charge in [0, 0.05) is 11.0 Å². The smallest absolute Gasteiger partial charge is 0.257 e. The van der Waals surface area contributed by atoms with Crippen molar-refractivity contribution in [3.63, 3.8) is 0 Å². The van der Waals surface area contributed by atoms with E-state index in [9.17, 15) is 4.79 Å². The molecule has 0 saturated heterocycles. The summed E-state index contributed by atoms with van der Waals surface area (Å²) < 4.78 is 6.40. The Morgan fingerprint density at radius 1 is 1.09 bits per heavy atom. The predicted molar refractivity (Wildman–Crippen MR) is 92.1 cm³/mol. The van der Waals surface area contributed by atoms with Crippen molar-refractivity contribution in [2.75, 3.05) is 13.2 Å². The lowest BCUT2D eigenvalue weighted by Gasteiger charge is -2.08. The molecule has 0 aliphatic carbocycles. The summed E-state index contributed by atoms with van der Waals surface area (Å²) in [5.41, 5.74) is 2.56. The minimum atomic E-state index is -0.0909. The van der Waals surface area contributed by atoms with Crippen molar-refractivity contribution in [1.29, 1.82) is 0 Å². The molecule has 2 rings (SSSR count). The van der Waals surface area contributed by atoms with Gasteiger partial charge in [-0.3, -0.25) is 4.79 Å². The van der Waals surface area contributed by atoms with E-state index >= 15 is 0 Å².